The molecule has 68 valence electrons. The van der Waals surface area contributed by atoms with Gasteiger partial charge in [0.2, 0.25) is 0 Å². The van der Waals surface area contributed by atoms with Gasteiger partial charge in [-0.05, 0) is 31.9 Å². The molecule has 1 aliphatic rings. The SMILES string of the molecule is N#Cc1sc(C#N)c2c1C(Br)=S=C2Br. The van der Waals surface area contributed by atoms with Crippen LogP contribution in [0, 0.1) is 22.7 Å². The highest BCUT2D eigenvalue weighted by Crippen LogP contribution is 2.36. The number of rotatable bonds is 0. The zero-order chi connectivity index (χ0) is 10.3. The molecule has 2 nitrogen and oxygen atoms in total. The maximum atomic E-state index is 8.90. The Labute approximate surface area is 105 Å². The number of nitriles is 2. The molecule has 0 fully saturated rings. The van der Waals surface area contributed by atoms with Gasteiger partial charge in [-0.2, -0.15) is 10.5 Å². The molecule has 0 saturated carbocycles. The first kappa shape index (κ1) is 10.1. The van der Waals surface area contributed by atoms with Gasteiger partial charge in [-0.1, -0.05) is 0 Å². The maximum absolute atomic E-state index is 8.90. The van der Waals surface area contributed by atoms with Gasteiger partial charge in [0.1, 0.15) is 21.9 Å². The van der Waals surface area contributed by atoms with Crippen LogP contribution in [0.2, 0.25) is 0 Å². The summed E-state index contributed by atoms with van der Waals surface area (Å²) in [5, 5.41) is 17.8. The molecule has 0 bridgehead atoms. The summed E-state index contributed by atoms with van der Waals surface area (Å²) < 4.78 is 1.79. The van der Waals surface area contributed by atoms with E-state index in [2.05, 4.69) is 44.0 Å². The molecule has 2 heterocycles. The number of hydrogen-bond donors (Lipinski definition) is 0. The van der Waals surface area contributed by atoms with Crippen LogP contribution in [0.1, 0.15) is 20.9 Å². The zero-order valence-electron chi connectivity index (χ0n) is 6.47. The molecule has 0 amide bonds. The number of nitrogens with zero attached hydrogens (tertiary/aromatic N) is 2. The van der Waals surface area contributed by atoms with Gasteiger partial charge in [-0.3, -0.25) is 0 Å². The lowest BCUT2D eigenvalue weighted by Gasteiger charge is -1.91. The van der Waals surface area contributed by atoms with Gasteiger partial charge >= 0.3 is 0 Å². The molecule has 0 saturated heterocycles. The fourth-order valence-corrected chi connectivity index (χ4v) is 5.63. The lowest BCUT2D eigenvalue weighted by molar-refractivity contribution is 1.51. The lowest BCUT2D eigenvalue weighted by Crippen LogP contribution is -1.91. The van der Waals surface area contributed by atoms with Gasteiger partial charge in [0.05, 0.1) is 7.55 Å². The highest BCUT2D eigenvalue weighted by Gasteiger charge is 2.25. The van der Waals surface area contributed by atoms with Crippen LogP contribution in [0.3, 0.4) is 0 Å². The molecule has 1 aromatic rings. The van der Waals surface area contributed by atoms with E-state index >= 15 is 0 Å². The molecule has 0 unspecified atom stereocenters. The van der Waals surface area contributed by atoms with Crippen molar-refractivity contribution in [1.82, 2.24) is 0 Å². The molecule has 0 radical (unpaired) electrons. The van der Waals surface area contributed by atoms with Gasteiger partial charge in [-0.25, -0.2) is 0 Å². The molecule has 6 heteroatoms. The maximum Gasteiger partial charge on any atom is 0.116 e. The van der Waals surface area contributed by atoms with Gasteiger partial charge in [-0.15, -0.1) is 22.3 Å². The molecule has 2 rings (SSSR count). The van der Waals surface area contributed by atoms with Crippen LogP contribution in [0.25, 0.3) is 0 Å². The molecular formula is C8Br2N2S2. The fourth-order valence-electron chi connectivity index (χ4n) is 1.14. The number of thiophene rings is 1. The van der Waals surface area contributed by atoms with Gasteiger partial charge < -0.3 is 0 Å². The topological polar surface area (TPSA) is 47.6 Å². The Morgan fingerprint density at radius 1 is 0.929 bits per heavy atom. The first-order valence-corrected chi connectivity index (χ1v) is 6.61. The van der Waals surface area contributed by atoms with E-state index in [-0.39, 0.29) is 0 Å². The summed E-state index contributed by atoms with van der Waals surface area (Å²) in [6.07, 6.45) is 0. The van der Waals surface area contributed by atoms with E-state index in [4.69, 9.17) is 10.5 Å². The van der Waals surface area contributed by atoms with E-state index in [0.717, 1.165) is 18.7 Å². The normalized spacial score (nSPS) is 13.1. The first-order chi connectivity index (χ1) is 6.69. The van der Waals surface area contributed by atoms with Crippen molar-refractivity contribution in [1.29, 1.82) is 10.5 Å². The minimum Gasteiger partial charge on any atom is -0.192 e. The van der Waals surface area contributed by atoms with Crippen molar-refractivity contribution >= 4 is 61.7 Å². The second-order valence-corrected chi connectivity index (χ2v) is 7.06. The van der Waals surface area contributed by atoms with Crippen LogP contribution in [0.15, 0.2) is 0 Å². The zero-order valence-corrected chi connectivity index (χ0v) is 11.3. The van der Waals surface area contributed by atoms with E-state index in [1.54, 1.807) is 0 Å². The molecule has 14 heavy (non-hydrogen) atoms. The van der Waals surface area contributed by atoms with Crippen LogP contribution in [0.4, 0.5) is 0 Å². The third-order valence-electron chi connectivity index (χ3n) is 1.68. The first-order valence-electron chi connectivity index (χ1n) is 3.39. The predicted molar refractivity (Wildman–Crippen MR) is 67.4 cm³/mol. The Hall–Kier alpha value is -0.400. The van der Waals surface area contributed by atoms with Crippen LogP contribution >= 0.6 is 54.1 Å². The fraction of sp³-hybridized carbons (Fsp3) is 0. The third-order valence-corrected chi connectivity index (χ3v) is 5.21. The van der Waals surface area contributed by atoms with Crippen molar-refractivity contribution in [3.05, 3.63) is 20.9 Å². The van der Waals surface area contributed by atoms with Crippen molar-refractivity contribution < 1.29 is 0 Å². The van der Waals surface area contributed by atoms with Crippen LogP contribution in [-0.2, 0) is 0 Å². The van der Waals surface area contributed by atoms with Gasteiger partial charge in [0, 0.05) is 11.1 Å². The average Bonchev–Trinajstić information content (AvgIpc) is 2.67. The Kier molecular flexibility index (Phi) is 2.63. The van der Waals surface area contributed by atoms with Crippen LogP contribution in [0.5, 0.6) is 0 Å². The Balaban J connectivity index is 2.84. The summed E-state index contributed by atoms with van der Waals surface area (Å²) >= 11 is 8.01. The highest BCUT2D eigenvalue weighted by molar-refractivity contribution is 9.22. The second-order valence-electron chi connectivity index (χ2n) is 2.38. The molecule has 0 aliphatic carbocycles. The van der Waals surface area contributed by atoms with Crippen LogP contribution in [-0.4, -0.2) is 7.55 Å². The van der Waals surface area contributed by atoms with Gasteiger partial charge in [0.25, 0.3) is 0 Å². The molecule has 0 aromatic carbocycles. The lowest BCUT2D eigenvalue weighted by atomic mass is 10.1. The third kappa shape index (κ3) is 1.31. The largest absolute Gasteiger partial charge is 0.192 e. The average molecular weight is 348 g/mol. The number of hydrogen-bond acceptors (Lipinski definition) is 3. The van der Waals surface area contributed by atoms with Crippen molar-refractivity contribution in [3.8, 4) is 12.1 Å². The number of halogens is 2. The molecular weight excluding hydrogens is 348 g/mol. The predicted octanol–water partition coefficient (Wildman–Crippen LogP) is 2.98. The Morgan fingerprint density at radius 3 is 1.71 bits per heavy atom. The summed E-state index contributed by atoms with van der Waals surface area (Å²) in [6.45, 7) is 0. The van der Waals surface area contributed by atoms with Crippen molar-refractivity contribution in [2.24, 2.45) is 0 Å². The summed E-state index contributed by atoms with van der Waals surface area (Å²) in [7, 11) is 1.49. The Morgan fingerprint density at radius 2 is 1.36 bits per heavy atom. The summed E-state index contributed by atoms with van der Waals surface area (Å²) in [5.74, 6) is 0. The van der Waals surface area contributed by atoms with E-state index in [1.807, 2.05) is 0 Å². The molecule has 1 aromatic heterocycles. The number of fused-ring (bicyclic) bond motifs is 1. The molecule has 0 N–H and O–H groups in total. The Bertz CT molecular complexity index is 533. The van der Waals surface area contributed by atoms with E-state index in [1.165, 1.54) is 22.3 Å². The standard InChI is InChI=1S/C8Br2N2S2/c9-7-5-3(1-11)13-4(2-12)6(5)8(10)14-7. The van der Waals surface area contributed by atoms with Crippen molar-refractivity contribution in [2.75, 3.05) is 0 Å². The molecule has 0 spiro atoms. The highest BCUT2D eigenvalue weighted by atomic mass is 79.9. The molecule has 0 atom stereocenters. The summed E-state index contributed by atoms with van der Waals surface area (Å²) in [4.78, 5) is 1.18. The monoisotopic (exact) mass is 346 g/mol. The van der Waals surface area contributed by atoms with Gasteiger partial charge in [0.15, 0.2) is 0 Å². The van der Waals surface area contributed by atoms with E-state index < -0.39 is 0 Å². The second kappa shape index (κ2) is 3.63. The van der Waals surface area contributed by atoms with Crippen LogP contribution < -0.4 is 0 Å². The smallest absolute Gasteiger partial charge is 0.116 e. The minimum absolute atomic E-state index is 0.588. The molecule has 1 aliphatic heterocycles. The summed E-state index contributed by atoms with van der Waals surface area (Å²) in [5.41, 5.74) is 1.71. The minimum atomic E-state index is 0.588. The summed E-state index contributed by atoms with van der Waals surface area (Å²) in [6, 6.07) is 4.20. The van der Waals surface area contributed by atoms with Crippen molar-refractivity contribution in [2.45, 2.75) is 0 Å². The quantitative estimate of drug-likeness (QED) is 0.535. The van der Waals surface area contributed by atoms with E-state index in [9.17, 15) is 0 Å². The van der Waals surface area contributed by atoms with Crippen molar-refractivity contribution in [3.63, 3.8) is 0 Å². The van der Waals surface area contributed by atoms with E-state index in [0.29, 0.717) is 9.75 Å².